The first-order valence-electron chi connectivity index (χ1n) is 6.41. The molecule has 90 valence electrons. The minimum absolute atomic E-state index is 0.174. The van der Waals surface area contributed by atoms with Crippen LogP contribution in [-0.2, 0) is 4.79 Å². The van der Waals surface area contributed by atoms with Crippen LogP contribution in [-0.4, -0.2) is 40.1 Å². The minimum Gasteiger partial charge on any atom is -0.322 e. The third-order valence-electron chi connectivity index (χ3n) is 4.30. The van der Waals surface area contributed by atoms with Gasteiger partial charge in [0, 0.05) is 11.8 Å². The van der Waals surface area contributed by atoms with Crippen LogP contribution in [0.25, 0.3) is 0 Å². The molecule has 4 heteroatoms. The molecular formula is C12H20N2OS. The molecule has 0 bridgehead atoms. The molecule has 3 rings (SSSR count). The molecule has 1 N–H and O–H groups in total. The summed E-state index contributed by atoms with van der Waals surface area (Å²) in [5.41, 5.74) is -0.174. The quantitative estimate of drug-likeness (QED) is 0.755. The monoisotopic (exact) mass is 240 g/mol. The van der Waals surface area contributed by atoms with Crippen molar-refractivity contribution in [1.29, 1.82) is 0 Å². The Bertz CT molecular complexity index is 295. The van der Waals surface area contributed by atoms with Crippen molar-refractivity contribution in [2.24, 2.45) is 0 Å². The van der Waals surface area contributed by atoms with E-state index in [1.165, 1.54) is 25.0 Å². The van der Waals surface area contributed by atoms with Gasteiger partial charge in [-0.25, -0.2) is 0 Å². The average molecular weight is 240 g/mol. The standard InChI is InChI=1S/C12H20N2OS/c1-9-13-12(5-2-3-6-12)11(15)14(9)10-4-7-16-8-10/h9-10,13H,2-8H2,1H3. The van der Waals surface area contributed by atoms with E-state index in [-0.39, 0.29) is 11.7 Å². The summed E-state index contributed by atoms with van der Waals surface area (Å²) < 4.78 is 0. The molecule has 0 radical (unpaired) electrons. The van der Waals surface area contributed by atoms with E-state index in [0.29, 0.717) is 11.9 Å². The molecule has 2 aliphatic heterocycles. The Balaban J connectivity index is 1.82. The molecule has 2 saturated heterocycles. The number of carbonyl (C=O) groups excluding carboxylic acids is 1. The first-order valence-corrected chi connectivity index (χ1v) is 7.57. The van der Waals surface area contributed by atoms with Crippen molar-refractivity contribution in [3.63, 3.8) is 0 Å². The van der Waals surface area contributed by atoms with Crippen molar-refractivity contribution in [2.45, 2.75) is 56.8 Å². The summed E-state index contributed by atoms with van der Waals surface area (Å²) in [6, 6.07) is 0.486. The first kappa shape index (κ1) is 10.9. The summed E-state index contributed by atoms with van der Waals surface area (Å²) >= 11 is 1.98. The van der Waals surface area contributed by atoms with Crippen LogP contribution in [0.3, 0.4) is 0 Å². The molecule has 3 nitrogen and oxygen atoms in total. The van der Waals surface area contributed by atoms with Crippen LogP contribution in [0.5, 0.6) is 0 Å². The van der Waals surface area contributed by atoms with Crippen LogP contribution >= 0.6 is 11.8 Å². The van der Waals surface area contributed by atoms with Gasteiger partial charge in [0.1, 0.15) is 0 Å². The van der Waals surface area contributed by atoms with Gasteiger partial charge in [-0.05, 0) is 31.9 Å². The zero-order chi connectivity index (χ0) is 11.2. The highest BCUT2D eigenvalue weighted by atomic mass is 32.2. The Morgan fingerprint density at radius 2 is 2.19 bits per heavy atom. The predicted octanol–water partition coefficient (Wildman–Crippen LogP) is 1.58. The molecule has 1 amide bonds. The number of carbonyl (C=O) groups is 1. The summed E-state index contributed by atoms with van der Waals surface area (Å²) in [7, 11) is 0. The molecule has 1 aliphatic carbocycles. The lowest BCUT2D eigenvalue weighted by atomic mass is 9.97. The first-order chi connectivity index (χ1) is 7.73. The molecule has 1 spiro atoms. The fourth-order valence-corrected chi connectivity index (χ4v) is 4.72. The SMILES string of the molecule is CC1NC2(CCCC2)C(=O)N1C1CCSC1. The predicted molar refractivity (Wildman–Crippen MR) is 66.4 cm³/mol. The van der Waals surface area contributed by atoms with Gasteiger partial charge in [-0.1, -0.05) is 12.8 Å². The number of thioether (sulfide) groups is 1. The van der Waals surface area contributed by atoms with Crippen LogP contribution in [0.15, 0.2) is 0 Å². The van der Waals surface area contributed by atoms with Gasteiger partial charge in [0.15, 0.2) is 0 Å². The Morgan fingerprint density at radius 3 is 2.81 bits per heavy atom. The highest BCUT2D eigenvalue weighted by Gasteiger charge is 2.52. The summed E-state index contributed by atoms with van der Waals surface area (Å²) in [5.74, 6) is 2.74. The van der Waals surface area contributed by atoms with Crippen molar-refractivity contribution in [3.8, 4) is 0 Å². The van der Waals surface area contributed by atoms with Gasteiger partial charge in [-0.3, -0.25) is 10.1 Å². The average Bonchev–Trinajstić information content (AvgIpc) is 2.92. The van der Waals surface area contributed by atoms with Crippen LogP contribution in [0.2, 0.25) is 0 Å². The third kappa shape index (κ3) is 1.50. The highest BCUT2D eigenvalue weighted by Crippen LogP contribution is 2.38. The molecule has 16 heavy (non-hydrogen) atoms. The van der Waals surface area contributed by atoms with Gasteiger partial charge in [0.05, 0.1) is 11.7 Å². The maximum Gasteiger partial charge on any atom is 0.244 e. The fourth-order valence-electron chi connectivity index (χ4n) is 3.51. The van der Waals surface area contributed by atoms with Crippen LogP contribution in [0, 0.1) is 0 Å². The molecule has 0 aromatic carbocycles. The smallest absolute Gasteiger partial charge is 0.244 e. The van der Waals surface area contributed by atoms with E-state index in [1.54, 1.807) is 0 Å². The van der Waals surface area contributed by atoms with Gasteiger partial charge in [-0.15, -0.1) is 0 Å². The molecule has 2 unspecified atom stereocenters. The topological polar surface area (TPSA) is 32.3 Å². The molecule has 2 atom stereocenters. The van der Waals surface area contributed by atoms with Crippen LogP contribution < -0.4 is 5.32 Å². The van der Waals surface area contributed by atoms with Crippen molar-refractivity contribution < 1.29 is 4.79 Å². The lowest BCUT2D eigenvalue weighted by Crippen LogP contribution is -2.45. The summed E-state index contributed by atoms with van der Waals surface area (Å²) in [4.78, 5) is 14.7. The van der Waals surface area contributed by atoms with Crippen LogP contribution in [0.1, 0.15) is 39.0 Å². The van der Waals surface area contributed by atoms with E-state index in [2.05, 4.69) is 17.1 Å². The Kier molecular flexibility index (Phi) is 2.67. The van der Waals surface area contributed by atoms with E-state index in [1.807, 2.05) is 11.8 Å². The van der Waals surface area contributed by atoms with E-state index in [9.17, 15) is 4.79 Å². The Morgan fingerprint density at radius 1 is 1.44 bits per heavy atom. The van der Waals surface area contributed by atoms with Gasteiger partial charge < -0.3 is 4.90 Å². The van der Waals surface area contributed by atoms with Crippen LogP contribution in [0.4, 0.5) is 0 Å². The summed E-state index contributed by atoms with van der Waals surface area (Å²) in [5, 5.41) is 3.57. The molecule has 3 fully saturated rings. The van der Waals surface area contributed by atoms with Gasteiger partial charge in [0.2, 0.25) is 5.91 Å². The summed E-state index contributed by atoms with van der Waals surface area (Å²) in [6.45, 7) is 2.15. The molecule has 0 aromatic heterocycles. The second-order valence-electron chi connectivity index (χ2n) is 5.34. The lowest BCUT2D eigenvalue weighted by molar-refractivity contribution is -0.134. The number of rotatable bonds is 1. The highest BCUT2D eigenvalue weighted by molar-refractivity contribution is 7.99. The zero-order valence-electron chi connectivity index (χ0n) is 9.87. The molecule has 2 heterocycles. The number of nitrogens with zero attached hydrogens (tertiary/aromatic N) is 1. The second kappa shape index (κ2) is 3.91. The number of amides is 1. The number of hydrogen-bond acceptors (Lipinski definition) is 3. The Labute approximate surface area is 101 Å². The van der Waals surface area contributed by atoms with Crippen molar-refractivity contribution in [1.82, 2.24) is 10.2 Å². The Hall–Kier alpha value is -0.220. The van der Waals surface area contributed by atoms with Crippen molar-refractivity contribution in [2.75, 3.05) is 11.5 Å². The molecular weight excluding hydrogens is 220 g/mol. The van der Waals surface area contributed by atoms with Gasteiger partial charge in [-0.2, -0.15) is 11.8 Å². The maximum absolute atomic E-state index is 12.6. The van der Waals surface area contributed by atoms with E-state index in [0.717, 1.165) is 18.6 Å². The van der Waals surface area contributed by atoms with Gasteiger partial charge >= 0.3 is 0 Å². The summed E-state index contributed by atoms with van der Waals surface area (Å²) in [6.07, 6.45) is 5.93. The lowest BCUT2D eigenvalue weighted by Gasteiger charge is -2.27. The second-order valence-corrected chi connectivity index (χ2v) is 6.49. The van der Waals surface area contributed by atoms with E-state index >= 15 is 0 Å². The van der Waals surface area contributed by atoms with E-state index < -0.39 is 0 Å². The van der Waals surface area contributed by atoms with Crippen molar-refractivity contribution >= 4 is 17.7 Å². The number of hydrogen-bond donors (Lipinski definition) is 1. The van der Waals surface area contributed by atoms with Crippen molar-refractivity contribution in [3.05, 3.63) is 0 Å². The molecule has 1 saturated carbocycles. The normalized spacial score (nSPS) is 37.8. The number of nitrogens with one attached hydrogen (secondary N) is 1. The third-order valence-corrected chi connectivity index (χ3v) is 5.45. The fraction of sp³-hybridized carbons (Fsp3) is 0.917. The van der Waals surface area contributed by atoms with Gasteiger partial charge in [0.25, 0.3) is 0 Å². The zero-order valence-corrected chi connectivity index (χ0v) is 10.7. The van der Waals surface area contributed by atoms with E-state index in [4.69, 9.17) is 0 Å². The minimum atomic E-state index is -0.174. The maximum atomic E-state index is 12.6. The molecule has 0 aromatic rings. The largest absolute Gasteiger partial charge is 0.322 e. The molecule has 3 aliphatic rings.